The lowest BCUT2D eigenvalue weighted by atomic mass is 9.94. The van der Waals surface area contributed by atoms with E-state index in [-0.39, 0.29) is 24.4 Å². The van der Waals surface area contributed by atoms with Crippen molar-refractivity contribution in [3.63, 3.8) is 0 Å². The normalized spacial score (nSPS) is 24.3. The molecule has 1 aromatic heterocycles. The van der Waals surface area contributed by atoms with Gasteiger partial charge in [-0.25, -0.2) is 0 Å². The Hall–Kier alpha value is 0.150. The molecule has 17 heavy (non-hydrogen) atoms. The fourth-order valence-electron chi connectivity index (χ4n) is 1.95. The van der Waals surface area contributed by atoms with Crippen LogP contribution in [0, 0.1) is 8.80 Å². The average molecular weight is 387 g/mol. The maximum atomic E-state index is 12.2. The van der Waals surface area contributed by atoms with Gasteiger partial charge in [0.15, 0.2) is 0 Å². The van der Waals surface area contributed by atoms with E-state index in [2.05, 4.69) is 29.5 Å². The summed E-state index contributed by atoms with van der Waals surface area (Å²) in [6, 6.07) is 2.19. The Kier molecular flexibility index (Phi) is 5.69. The molecular formula is C11H16ClIN2OS. The molecule has 2 heterocycles. The Balaban J connectivity index is 0.00000144. The molecule has 3 nitrogen and oxygen atoms in total. The second-order valence-electron chi connectivity index (χ2n) is 4.32. The van der Waals surface area contributed by atoms with Crippen molar-refractivity contribution in [2.45, 2.75) is 19.4 Å². The highest BCUT2D eigenvalue weighted by atomic mass is 127. The van der Waals surface area contributed by atoms with Crippen molar-refractivity contribution in [3.05, 3.63) is 19.9 Å². The van der Waals surface area contributed by atoms with E-state index in [1.165, 1.54) is 0 Å². The van der Waals surface area contributed by atoms with Gasteiger partial charge in [0.25, 0.3) is 5.91 Å². The minimum atomic E-state index is 0. The third-order valence-corrected chi connectivity index (χ3v) is 4.86. The van der Waals surface area contributed by atoms with E-state index in [0.29, 0.717) is 5.92 Å². The number of rotatable bonds is 1. The fraction of sp³-hybridized carbons (Fsp3) is 0.545. The average Bonchev–Trinajstić information content (AvgIpc) is 2.68. The summed E-state index contributed by atoms with van der Waals surface area (Å²) in [6.07, 6.45) is 0.911. The molecule has 2 unspecified atom stereocenters. The quantitative estimate of drug-likeness (QED) is 0.754. The van der Waals surface area contributed by atoms with Gasteiger partial charge in [0.1, 0.15) is 0 Å². The molecule has 1 aliphatic rings. The van der Waals surface area contributed by atoms with Gasteiger partial charge in [-0.1, -0.05) is 6.92 Å². The fourth-order valence-corrected chi connectivity index (χ4v) is 3.27. The number of carbonyl (C=O) groups is 1. The van der Waals surface area contributed by atoms with Crippen LogP contribution in [0.15, 0.2) is 11.4 Å². The topological polar surface area (TPSA) is 46.3 Å². The smallest absolute Gasteiger partial charge is 0.254 e. The van der Waals surface area contributed by atoms with Gasteiger partial charge in [0.2, 0.25) is 0 Å². The Morgan fingerprint density at radius 2 is 2.35 bits per heavy atom. The number of hydrogen-bond acceptors (Lipinski definition) is 3. The first-order valence-corrected chi connectivity index (χ1v) is 7.32. The van der Waals surface area contributed by atoms with Crippen LogP contribution >= 0.6 is 46.3 Å². The maximum absolute atomic E-state index is 12.2. The summed E-state index contributed by atoms with van der Waals surface area (Å²) < 4.78 is 1.16. The van der Waals surface area contributed by atoms with Crippen LogP contribution in [0.3, 0.4) is 0 Å². The van der Waals surface area contributed by atoms with E-state index >= 15 is 0 Å². The van der Waals surface area contributed by atoms with E-state index < -0.39 is 0 Å². The Bertz CT molecular complexity index is 399. The van der Waals surface area contributed by atoms with Crippen molar-refractivity contribution in [3.8, 4) is 0 Å². The monoisotopic (exact) mass is 386 g/mol. The molecule has 2 atom stereocenters. The van der Waals surface area contributed by atoms with Gasteiger partial charge in [-0.2, -0.15) is 0 Å². The molecule has 6 heteroatoms. The highest BCUT2D eigenvalue weighted by Crippen LogP contribution is 2.21. The number of amides is 1. The Morgan fingerprint density at radius 3 is 2.88 bits per heavy atom. The van der Waals surface area contributed by atoms with Crippen molar-refractivity contribution < 1.29 is 4.79 Å². The lowest BCUT2D eigenvalue weighted by Crippen LogP contribution is -2.48. The van der Waals surface area contributed by atoms with E-state index in [1.54, 1.807) is 11.3 Å². The molecule has 1 aliphatic heterocycles. The number of thiophene rings is 1. The van der Waals surface area contributed by atoms with Gasteiger partial charge in [0, 0.05) is 24.5 Å². The van der Waals surface area contributed by atoms with Crippen LogP contribution < -0.4 is 5.73 Å². The van der Waals surface area contributed by atoms with E-state index in [9.17, 15) is 4.79 Å². The van der Waals surface area contributed by atoms with Crippen LogP contribution in [0.1, 0.15) is 23.7 Å². The number of nitrogens with two attached hydrogens (primary N) is 1. The summed E-state index contributed by atoms with van der Waals surface area (Å²) in [7, 11) is 0. The van der Waals surface area contributed by atoms with Gasteiger partial charge in [0.05, 0.1) is 8.45 Å². The molecular weight excluding hydrogens is 371 g/mol. The van der Waals surface area contributed by atoms with Crippen LogP contribution in [-0.2, 0) is 0 Å². The van der Waals surface area contributed by atoms with E-state index in [1.807, 2.05) is 16.3 Å². The second kappa shape index (κ2) is 6.36. The van der Waals surface area contributed by atoms with E-state index in [0.717, 1.165) is 28.0 Å². The third kappa shape index (κ3) is 3.56. The number of piperidine rings is 1. The first-order chi connectivity index (χ1) is 7.58. The van der Waals surface area contributed by atoms with Crippen LogP contribution in [-0.4, -0.2) is 29.9 Å². The van der Waals surface area contributed by atoms with Gasteiger partial charge in [-0.05, 0) is 41.0 Å². The van der Waals surface area contributed by atoms with Gasteiger partial charge in [-0.15, -0.1) is 23.7 Å². The maximum Gasteiger partial charge on any atom is 0.254 e. The van der Waals surface area contributed by atoms with Gasteiger partial charge < -0.3 is 10.6 Å². The summed E-state index contributed by atoms with van der Waals surface area (Å²) in [4.78, 5) is 14.1. The molecule has 1 aromatic rings. The molecule has 0 aliphatic carbocycles. The minimum absolute atomic E-state index is 0. The number of carbonyl (C=O) groups excluding carboxylic acids is 1. The predicted octanol–water partition coefficient (Wildman–Crippen LogP) is 2.58. The predicted molar refractivity (Wildman–Crippen MR) is 81.9 cm³/mol. The highest BCUT2D eigenvalue weighted by molar-refractivity contribution is 14.1. The number of hydrogen-bond donors (Lipinski definition) is 1. The molecule has 0 spiro atoms. The first kappa shape index (κ1) is 15.2. The van der Waals surface area contributed by atoms with Crippen LogP contribution in [0.25, 0.3) is 0 Å². The van der Waals surface area contributed by atoms with Crippen molar-refractivity contribution in [2.75, 3.05) is 13.1 Å². The van der Waals surface area contributed by atoms with Crippen LogP contribution in [0.5, 0.6) is 0 Å². The molecule has 0 bridgehead atoms. The molecule has 1 amide bonds. The lowest BCUT2D eigenvalue weighted by molar-refractivity contribution is 0.0664. The zero-order valence-corrected chi connectivity index (χ0v) is 13.3. The highest BCUT2D eigenvalue weighted by Gasteiger charge is 2.27. The molecule has 1 saturated heterocycles. The van der Waals surface area contributed by atoms with Crippen molar-refractivity contribution in [2.24, 2.45) is 11.7 Å². The number of halogens is 2. The van der Waals surface area contributed by atoms with Crippen molar-refractivity contribution in [1.29, 1.82) is 0 Å². The molecule has 96 valence electrons. The Morgan fingerprint density at radius 1 is 1.65 bits per heavy atom. The zero-order chi connectivity index (χ0) is 11.7. The molecule has 0 aromatic carbocycles. The van der Waals surface area contributed by atoms with Gasteiger partial charge in [-0.3, -0.25) is 4.79 Å². The molecule has 1 fully saturated rings. The summed E-state index contributed by atoms with van der Waals surface area (Å²) in [5.41, 5.74) is 6.76. The SMILES string of the molecule is CC1CN(C(=O)c2csc(I)c2)CCC1N.Cl. The number of likely N-dealkylation sites (tertiary alicyclic amines) is 1. The number of nitrogens with zero attached hydrogens (tertiary/aromatic N) is 1. The van der Waals surface area contributed by atoms with Crippen molar-refractivity contribution in [1.82, 2.24) is 4.90 Å². The Labute approximate surface area is 125 Å². The lowest BCUT2D eigenvalue weighted by Gasteiger charge is -2.34. The van der Waals surface area contributed by atoms with Gasteiger partial charge >= 0.3 is 0 Å². The first-order valence-electron chi connectivity index (χ1n) is 5.37. The van der Waals surface area contributed by atoms with Crippen LogP contribution in [0.4, 0.5) is 0 Å². The minimum Gasteiger partial charge on any atom is -0.338 e. The molecule has 0 radical (unpaired) electrons. The summed E-state index contributed by atoms with van der Waals surface area (Å²) in [6.45, 7) is 3.69. The molecule has 0 saturated carbocycles. The zero-order valence-electron chi connectivity index (χ0n) is 9.56. The van der Waals surface area contributed by atoms with E-state index in [4.69, 9.17) is 5.73 Å². The summed E-state index contributed by atoms with van der Waals surface area (Å²) in [5, 5.41) is 1.93. The third-order valence-electron chi connectivity index (χ3n) is 3.07. The summed E-state index contributed by atoms with van der Waals surface area (Å²) in [5.74, 6) is 0.549. The van der Waals surface area contributed by atoms with Crippen LogP contribution in [0.2, 0.25) is 0 Å². The standard InChI is InChI=1S/C11H15IN2OS.ClH/c1-7-5-14(3-2-9(7)13)11(15)8-4-10(12)16-6-8;/h4,6-7,9H,2-3,5,13H2,1H3;1H. The largest absolute Gasteiger partial charge is 0.338 e. The molecule has 2 N–H and O–H groups in total. The van der Waals surface area contributed by atoms with Crippen molar-refractivity contribution >= 4 is 52.2 Å². The summed E-state index contributed by atoms with van der Waals surface area (Å²) >= 11 is 3.85. The second-order valence-corrected chi connectivity index (χ2v) is 7.13. The molecule has 2 rings (SSSR count).